The summed E-state index contributed by atoms with van der Waals surface area (Å²) in [5.74, 6) is 2.57. The lowest BCUT2D eigenvalue weighted by Gasteiger charge is -2.31. The van der Waals surface area contributed by atoms with E-state index in [1.54, 1.807) is 0 Å². The van der Waals surface area contributed by atoms with Gasteiger partial charge in [-0.2, -0.15) is 0 Å². The molecule has 110 valence electrons. The highest BCUT2D eigenvalue weighted by molar-refractivity contribution is 5.46. The molecule has 1 aromatic carbocycles. The normalized spacial score (nSPS) is 29.6. The van der Waals surface area contributed by atoms with Gasteiger partial charge in [0, 0.05) is 17.0 Å². The lowest BCUT2D eigenvalue weighted by molar-refractivity contribution is 0.256. The van der Waals surface area contributed by atoms with Crippen LogP contribution in [0.5, 0.6) is 5.75 Å². The predicted octanol–water partition coefficient (Wildman–Crippen LogP) is 4.18. The van der Waals surface area contributed by atoms with Crippen LogP contribution in [0.15, 0.2) is 18.2 Å². The molecule has 1 saturated carbocycles. The summed E-state index contributed by atoms with van der Waals surface area (Å²) in [6, 6.07) is 6.77. The first kappa shape index (κ1) is 13.9. The van der Waals surface area contributed by atoms with Crippen LogP contribution < -0.4 is 10.5 Å². The zero-order chi connectivity index (χ0) is 14.3. The van der Waals surface area contributed by atoms with Crippen molar-refractivity contribution in [3.8, 4) is 5.75 Å². The molecule has 3 rings (SSSR count). The van der Waals surface area contributed by atoms with Crippen LogP contribution in [-0.2, 0) is 5.41 Å². The van der Waals surface area contributed by atoms with E-state index < -0.39 is 0 Å². The van der Waals surface area contributed by atoms with Gasteiger partial charge in [0.1, 0.15) is 5.75 Å². The fraction of sp³-hybridized carbons (Fsp3) is 0.667. The molecule has 20 heavy (non-hydrogen) atoms. The second-order valence-electron chi connectivity index (χ2n) is 7.47. The van der Waals surface area contributed by atoms with Crippen molar-refractivity contribution >= 4 is 0 Å². The van der Waals surface area contributed by atoms with Crippen LogP contribution in [0, 0.1) is 11.8 Å². The Morgan fingerprint density at radius 2 is 1.90 bits per heavy atom. The highest BCUT2D eigenvalue weighted by Gasteiger charge is 2.33. The van der Waals surface area contributed by atoms with E-state index in [9.17, 15) is 0 Å². The maximum absolute atomic E-state index is 6.56. The number of benzene rings is 1. The monoisotopic (exact) mass is 273 g/mol. The second kappa shape index (κ2) is 5.07. The summed E-state index contributed by atoms with van der Waals surface area (Å²) in [4.78, 5) is 0. The van der Waals surface area contributed by atoms with E-state index in [-0.39, 0.29) is 11.5 Å². The summed E-state index contributed by atoms with van der Waals surface area (Å²) in [6.45, 7) is 7.63. The Morgan fingerprint density at radius 3 is 2.60 bits per heavy atom. The van der Waals surface area contributed by atoms with Crippen LogP contribution in [0.2, 0.25) is 0 Å². The molecule has 1 atom stereocenters. The molecule has 0 aromatic heterocycles. The molecule has 1 fully saturated rings. The third-order valence-electron chi connectivity index (χ3n) is 5.27. The van der Waals surface area contributed by atoms with Gasteiger partial charge in [-0.15, -0.1) is 0 Å². The van der Waals surface area contributed by atoms with E-state index in [1.165, 1.54) is 36.8 Å². The van der Waals surface area contributed by atoms with E-state index in [1.807, 2.05) is 0 Å². The SMILES string of the molecule is CC1CCC(C(N)c2ccc3c(c2)C(C)(C)CO3)CC1. The molecule has 1 aromatic rings. The molecular weight excluding hydrogens is 246 g/mol. The smallest absolute Gasteiger partial charge is 0.123 e. The highest BCUT2D eigenvalue weighted by Crippen LogP contribution is 2.41. The summed E-state index contributed by atoms with van der Waals surface area (Å²) in [5, 5.41) is 0. The van der Waals surface area contributed by atoms with Crippen LogP contribution in [0.1, 0.15) is 63.6 Å². The minimum absolute atomic E-state index is 0.117. The van der Waals surface area contributed by atoms with Crippen LogP contribution in [0.25, 0.3) is 0 Å². The summed E-state index contributed by atoms with van der Waals surface area (Å²) in [5.41, 5.74) is 9.30. The molecule has 2 nitrogen and oxygen atoms in total. The fourth-order valence-electron chi connectivity index (χ4n) is 3.66. The van der Waals surface area contributed by atoms with E-state index in [0.29, 0.717) is 5.92 Å². The highest BCUT2D eigenvalue weighted by atomic mass is 16.5. The van der Waals surface area contributed by atoms with Gasteiger partial charge in [0.15, 0.2) is 0 Å². The molecule has 1 aliphatic carbocycles. The van der Waals surface area contributed by atoms with E-state index >= 15 is 0 Å². The number of nitrogens with two attached hydrogens (primary N) is 1. The van der Waals surface area contributed by atoms with E-state index in [2.05, 4.69) is 39.0 Å². The molecule has 1 unspecified atom stereocenters. The topological polar surface area (TPSA) is 35.2 Å². The molecule has 0 saturated heterocycles. The van der Waals surface area contributed by atoms with Gasteiger partial charge in [-0.1, -0.05) is 39.7 Å². The van der Waals surface area contributed by atoms with E-state index in [0.717, 1.165) is 18.3 Å². The number of hydrogen-bond acceptors (Lipinski definition) is 2. The van der Waals surface area contributed by atoms with Crippen LogP contribution in [0.3, 0.4) is 0 Å². The zero-order valence-electron chi connectivity index (χ0n) is 13.0. The lowest BCUT2D eigenvalue weighted by Crippen LogP contribution is -2.26. The Morgan fingerprint density at radius 1 is 1.20 bits per heavy atom. The van der Waals surface area contributed by atoms with Crippen molar-refractivity contribution in [3.05, 3.63) is 29.3 Å². The Balaban J connectivity index is 1.81. The molecular formula is C18H27NO. The number of ether oxygens (including phenoxy) is 1. The third kappa shape index (κ3) is 2.46. The van der Waals surface area contributed by atoms with Crippen molar-refractivity contribution in [1.29, 1.82) is 0 Å². The second-order valence-corrected chi connectivity index (χ2v) is 7.47. The largest absolute Gasteiger partial charge is 0.492 e. The van der Waals surface area contributed by atoms with Crippen molar-refractivity contribution in [3.63, 3.8) is 0 Å². The van der Waals surface area contributed by atoms with Gasteiger partial charge in [-0.25, -0.2) is 0 Å². The van der Waals surface area contributed by atoms with Crippen molar-refractivity contribution in [2.75, 3.05) is 6.61 Å². The Bertz CT molecular complexity index is 486. The molecule has 0 bridgehead atoms. The fourth-order valence-corrected chi connectivity index (χ4v) is 3.66. The first-order chi connectivity index (χ1) is 9.47. The van der Waals surface area contributed by atoms with Gasteiger partial charge in [0.2, 0.25) is 0 Å². The molecule has 2 heteroatoms. The summed E-state index contributed by atoms with van der Waals surface area (Å²) >= 11 is 0. The summed E-state index contributed by atoms with van der Waals surface area (Å²) in [7, 11) is 0. The van der Waals surface area contributed by atoms with Gasteiger partial charge in [0.25, 0.3) is 0 Å². The molecule has 0 radical (unpaired) electrons. The van der Waals surface area contributed by atoms with Crippen molar-refractivity contribution in [2.45, 2.75) is 57.9 Å². The summed E-state index contributed by atoms with van der Waals surface area (Å²) < 4.78 is 5.77. The minimum atomic E-state index is 0.117. The Kier molecular flexibility index (Phi) is 3.53. The van der Waals surface area contributed by atoms with Gasteiger partial charge in [0.05, 0.1) is 6.61 Å². The Labute approximate surface area is 122 Å². The quantitative estimate of drug-likeness (QED) is 0.877. The van der Waals surface area contributed by atoms with Gasteiger partial charge in [-0.3, -0.25) is 0 Å². The van der Waals surface area contributed by atoms with Gasteiger partial charge < -0.3 is 10.5 Å². The zero-order valence-corrected chi connectivity index (χ0v) is 13.0. The molecule has 0 amide bonds. The number of hydrogen-bond donors (Lipinski definition) is 1. The first-order valence-corrected chi connectivity index (χ1v) is 8.00. The van der Waals surface area contributed by atoms with Crippen LogP contribution in [-0.4, -0.2) is 6.61 Å². The van der Waals surface area contributed by atoms with Gasteiger partial charge >= 0.3 is 0 Å². The standard InChI is InChI=1S/C18H27NO/c1-12-4-6-13(7-5-12)17(19)14-8-9-16-15(10-14)18(2,3)11-20-16/h8-10,12-13,17H,4-7,11,19H2,1-3H3. The molecule has 0 spiro atoms. The van der Waals surface area contributed by atoms with E-state index in [4.69, 9.17) is 10.5 Å². The van der Waals surface area contributed by atoms with Crippen molar-refractivity contribution < 1.29 is 4.74 Å². The van der Waals surface area contributed by atoms with Crippen molar-refractivity contribution in [2.24, 2.45) is 17.6 Å². The Hall–Kier alpha value is -1.02. The molecule has 2 aliphatic rings. The van der Waals surface area contributed by atoms with Crippen LogP contribution >= 0.6 is 0 Å². The third-order valence-corrected chi connectivity index (χ3v) is 5.27. The lowest BCUT2D eigenvalue weighted by atomic mass is 9.77. The minimum Gasteiger partial charge on any atom is -0.492 e. The van der Waals surface area contributed by atoms with Crippen LogP contribution in [0.4, 0.5) is 0 Å². The number of fused-ring (bicyclic) bond motifs is 1. The molecule has 1 aliphatic heterocycles. The number of rotatable bonds is 2. The average molecular weight is 273 g/mol. The van der Waals surface area contributed by atoms with Crippen molar-refractivity contribution in [1.82, 2.24) is 0 Å². The summed E-state index contributed by atoms with van der Waals surface area (Å²) in [6.07, 6.45) is 5.22. The first-order valence-electron chi connectivity index (χ1n) is 8.00. The maximum atomic E-state index is 6.56. The predicted molar refractivity (Wildman–Crippen MR) is 83.0 cm³/mol. The molecule has 2 N–H and O–H groups in total. The maximum Gasteiger partial charge on any atom is 0.123 e. The van der Waals surface area contributed by atoms with Gasteiger partial charge in [-0.05, 0) is 42.4 Å². The molecule has 1 heterocycles. The average Bonchev–Trinajstić information content (AvgIpc) is 2.74.